The minimum Gasteiger partial charge on any atom is -0.744 e. The zero-order chi connectivity index (χ0) is 40.8. The number of thiophene rings is 1. The van der Waals surface area contributed by atoms with Gasteiger partial charge in [-0.05, 0) is 62.4 Å². The molecule has 0 aliphatic carbocycles. The molecule has 0 amide bonds. The normalized spacial score (nSPS) is 10.1. The third-order valence-electron chi connectivity index (χ3n) is 6.68. The number of azo groups is 2. The van der Waals surface area contributed by atoms with Crippen molar-refractivity contribution in [2.45, 2.75) is 23.6 Å². The second-order valence-corrected chi connectivity index (χ2v) is 13.8. The van der Waals surface area contributed by atoms with Crippen molar-refractivity contribution < 1.29 is 121 Å². The number of benzene rings is 3. The first-order valence-corrected chi connectivity index (χ1v) is 18.1. The Morgan fingerprint density at radius 3 is 1.49 bits per heavy atom. The van der Waals surface area contributed by atoms with E-state index >= 15 is 0 Å². The van der Waals surface area contributed by atoms with E-state index in [0.717, 1.165) is 35.6 Å². The fourth-order valence-corrected chi connectivity index (χ4v) is 6.04. The van der Waals surface area contributed by atoms with Crippen LogP contribution in [0.15, 0.2) is 97.0 Å². The summed E-state index contributed by atoms with van der Waals surface area (Å²) in [5.74, 6) is 0.0447. The minimum atomic E-state index is -4.71. The molecule has 0 spiro atoms. The van der Waals surface area contributed by atoms with E-state index in [1.807, 2.05) is 0 Å². The molecule has 3 aromatic carbocycles. The maximum Gasteiger partial charge on any atom is 1.00 e. The predicted octanol–water partition coefficient (Wildman–Crippen LogP) is -5.92. The molecule has 0 aliphatic heterocycles. The smallest absolute Gasteiger partial charge is 0.744 e. The van der Waals surface area contributed by atoms with E-state index in [2.05, 4.69) is 60.3 Å². The van der Waals surface area contributed by atoms with Crippen LogP contribution in [0.1, 0.15) is 22.3 Å². The number of nitrogens with zero attached hydrogens (tertiary/aromatic N) is 7. The van der Waals surface area contributed by atoms with Gasteiger partial charge >= 0.3 is 87.7 Å². The molecule has 0 fully saturated rings. The monoisotopic (exact) mass is 825 g/mol. The predicted molar refractivity (Wildman–Crippen MR) is 185 cm³/mol. The standard InChI is InChI=1S/C31H21N9O6S3.2CO2.4Li/c1-18-25(16-32)28(34-20-8-12-23(13-9-20)48(41,42)43)36-29(35-21-10-14-24(15-11-21)49(44,45)46)27(18)38-40-31-26(17-33)19(2)30(47-31)39-37-22-6-4-3-5-7-22;2*2-1-3;;;;/h3,6-15H,1-2H3,(H2,34,35,36)(H,41,42,43)(H,44,45,46);;;;;;/q-2;;;4*+1/p-2. The summed E-state index contributed by atoms with van der Waals surface area (Å²) in [6.07, 6.45) is 0.500. The van der Waals surface area contributed by atoms with Gasteiger partial charge in [0.1, 0.15) is 43.1 Å². The van der Waals surface area contributed by atoms with E-state index in [-0.39, 0.29) is 127 Å². The number of nitrogens with one attached hydrogen (secondary N) is 2. The zero-order valence-corrected chi connectivity index (χ0v) is 34.2. The van der Waals surface area contributed by atoms with Crippen LogP contribution < -0.4 is 86.1 Å². The first kappa shape index (κ1) is 56.4. The Kier molecular flexibility index (Phi) is 25.2. The number of carbonyl (C=O) groups excluding carboxylic acids is 4. The summed E-state index contributed by atoms with van der Waals surface area (Å²) in [7, 11) is -9.40. The van der Waals surface area contributed by atoms with Crippen molar-refractivity contribution in [2.24, 2.45) is 20.5 Å². The van der Waals surface area contributed by atoms with Crippen LogP contribution in [0.3, 0.4) is 0 Å². The van der Waals surface area contributed by atoms with Gasteiger partial charge in [0.25, 0.3) is 0 Å². The molecule has 0 radical (unpaired) electrons. The molecule has 278 valence electrons. The number of hydrogen-bond acceptors (Lipinski definition) is 20. The van der Waals surface area contributed by atoms with Gasteiger partial charge in [-0.25, -0.2) is 21.8 Å². The summed E-state index contributed by atoms with van der Waals surface area (Å²) in [4.78, 5) is 36.1. The molecule has 2 aromatic heterocycles. The number of rotatable bonds is 10. The fourth-order valence-electron chi connectivity index (χ4n) is 4.20. The fraction of sp³-hybridized carbons (Fsp3) is 0.0606. The van der Waals surface area contributed by atoms with Gasteiger partial charge < -0.3 is 37.9 Å². The van der Waals surface area contributed by atoms with Gasteiger partial charge in [0.2, 0.25) is 0 Å². The molecule has 26 heteroatoms. The Morgan fingerprint density at radius 2 is 1.07 bits per heavy atom. The molecule has 19 nitrogen and oxygen atoms in total. The maximum atomic E-state index is 11.4. The van der Waals surface area contributed by atoms with Crippen molar-refractivity contribution in [3.8, 4) is 12.1 Å². The Balaban J connectivity index is 0. The molecular weight excluding hydrogens is 806 g/mol. The van der Waals surface area contributed by atoms with Crippen LogP contribution in [0.4, 0.5) is 44.4 Å². The molecule has 0 atom stereocenters. The SMILES string of the molecule is Cc1c(N=Nc2c[c-]c[c-]c2)sc(N=Nc2c(Nc3ccc(S(=O)(=O)[O-])cc3)nc(Nc3ccc(S(=O)(=O)[O-])cc3)c(C#N)c2C)c1C#N.O=C=O.O=C=O.[Li+].[Li+].[Li+].[Li+]. The van der Waals surface area contributed by atoms with Crippen molar-refractivity contribution in [3.05, 3.63) is 101 Å². The van der Waals surface area contributed by atoms with E-state index in [9.17, 15) is 36.5 Å². The van der Waals surface area contributed by atoms with Gasteiger partial charge in [-0.2, -0.15) is 34.8 Å². The van der Waals surface area contributed by atoms with Crippen molar-refractivity contribution in [1.29, 1.82) is 10.5 Å². The van der Waals surface area contributed by atoms with Crippen LogP contribution in [0.2, 0.25) is 0 Å². The van der Waals surface area contributed by atoms with Gasteiger partial charge in [-0.15, -0.1) is 15.9 Å². The number of nitriles is 2. The molecular formula is C33H19Li4N9O10S3. The van der Waals surface area contributed by atoms with Crippen molar-refractivity contribution in [2.75, 3.05) is 10.6 Å². The summed E-state index contributed by atoms with van der Waals surface area (Å²) < 4.78 is 68.4. The van der Waals surface area contributed by atoms with Gasteiger partial charge in [0.05, 0.1) is 20.9 Å². The summed E-state index contributed by atoms with van der Waals surface area (Å²) in [6.45, 7) is 3.26. The van der Waals surface area contributed by atoms with E-state index in [0.29, 0.717) is 27.6 Å². The summed E-state index contributed by atoms with van der Waals surface area (Å²) in [5.41, 5.74) is 2.19. The van der Waals surface area contributed by atoms with Crippen molar-refractivity contribution in [3.63, 3.8) is 0 Å². The Hall–Kier alpha value is -4.74. The summed E-state index contributed by atoms with van der Waals surface area (Å²) >= 11 is 1.05. The second kappa shape index (κ2) is 26.4. The molecule has 5 rings (SSSR count). The summed E-state index contributed by atoms with van der Waals surface area (Å²) in [6, 6.07) is 24.3. The van der Waals surface area contributed by atoms with Crippen molar-refractivity contribution in [1.82, 2.24) is 4.98 Å². The van der Waals surface area contributed by atoms with Crippen LogP contribution in [-0.4, -0.2) is 43.2 Å². The molecule has 0 aliphatic rings. The molecule has 5 aromatic rings. The second-order valence-electron chi connectivity index (χ2n) is 10.1. The van der Waals surface area contributed by atoms with Gasteiger partial charge in [0.15, 0.2) is 16.6 Å². The largest absolute Gasteiger partial charge is 1.00 e. The average Bonchev–Trinajstić information content (AvgIpc) is 3.45. The van der Waals surface area contributed by atoms with Crippen LogP contribution >= 0.6 is 11.3 Å². The van der Waals surface area contributed by atoms with Gasteiger partial charge in [-0.1, -0.05) is 11.3 Å². The van der Waals surface area contributed by atoms with Crippen LogP contribution in [0.25, 0.3) is 0 Å². The van der Waals surface area contributed by atoms with Gasteiger partial charge in [-0.3, -0.25) is 17.2 Å². The average molecular weight is 826 g/mol. The number of pyridine rings is 1. The number of aromatic nitrogens is 1. The van der Waals surface area contributed by atoms with Crippen LogP contribution in [-0.2, 0) is 39.4 Å². The third kappa shape index (κ3) is 16.1. The Labute approximate surface area is 389 Å². The molecule has 0 saturated carbocycles. The molecule has 2 heterocycles. The Bertz CT molecular complexity index is 2630. The van der Waals surface area contributed by atoms with E-state index in [1.165, 1.54) is 24.3 Å². The Morgan fingerprint density at radius 1 is 0.644 bits per heavy atom. The number of hydrogen-bond donors (Lipinski definition) is 2. The molecule has 0 bridgehead atoms. The van der Waals surface area contributed by atoms with Crippen LogP contribution in [0.5, 0.6) is 0 Å². The zero-order valence-electron chi connectivity index (χ0n) is 31.8. The molecule has 2 N–H and O–H groups in total. The first-order chi connectivity index (χ1) is 26.1. The first-order valence-electron chi connectivity index (χ1n) is 14.4. The van der Waals surface area contributed by atoms with Gasteiger partial charge in [0, 0.05) is 22.5 Å². The quantitative estimate of drug-likeness (QED) is 0.0573. The number of anilines is 4. The summed E-state index contributed by atoms with van der Waals surface area (Å²) in [5, 5.41) is 43.5. The van der Waals surface area contributed by atoms with Crippen molar-refractivity contribution >= 4 is 88.3 Å². The molecule has 0 unspecified atom stereocenters. The van der Waals surface area contributed by atoms with E-state index < -0.39 is 30.0 Å². The molecule has 0 saturated heterocycles. The third-order valence-corrected chi connectivity index (χ3v) is 9.44. The van der Waals surface area contributed by atoms with E-state index in [1.54, 1.807) is 32.0 Å². The maximum absolute atomic E-state index is 11.4. The van der Waals surface area contributed by atoms with Crippen LogP contribution in [0, 0.1) is 48.6 Å². The molecule has 59 heavy (non-hydrogen) atoms. The topological polar surface area (TPSA) is 317 Å². The van der Waals surface area contributed by atoms with E-state index in [4.69, 9.17) is 19.2 Å². The minimum absolute atomic E-state index is 0.